The van der Waals surface area contributed by atoms with E-state index in [1.165, 1.54) is 41.1 Å². The molecule has 18 heteroatoms. The number of hydrogen-bond acceptors (Lipinski definition) is 11. The number of ether oxygens (including phenoxy) is 3. The Morgan fingerprint density at radius 1 is 1.03 bits per heavy atom. The zero-order valence-electron chi connectivity index (χ0n) is 34.2. The van der Waals surface area contributed by atoms with Gasteiger partial charge in [-0.15, -0.1) is 0 Å². The van der Waals surface area contributed by atoms with E-state index in [9.17, 15) is 32.4 Å². The van der Waals surface area contributed by atoms with E-state index in [-0.39, 0.29) is 30.8 Å². The number of sulfonamides is 1. The first-order valence-electron chi connectivity index (χ1n) is 19.3. The first kappa shape index (κ1) is 44.8. The molecule has 61 heavy (non-hydrogen) atoms. The molecule has 1 aliphatic heterocycles. The number of halogens is 1. The molecule has 5 atom stereocenters. The molecule has 0 radical (unpaired) electrons. The molecule has 1 saturated carbocycles. The largest absolute Gasteiger partial charge is 0.497 e. The van der Waals surface area contributed by atoms with Crippen LogP contribution in [-0.2, 0) is 33.9 Å². The van der Waals surface area contributed by atoms with Gasteiger partial charge < -0.3 is 34.6 Å². The minimum absolute atomic E-state index is 0.0786. The van der Waals surface area contributed by atoms with E-state index in [1.807, 2.05) is 52.9 Å². The number of hydrogen-bond donors (Lipinski definition) is 3. The van der Waals surface area contributed by atoms with Gasteiger partial charge in [-0.25, -0.2) is 22.9 Å². The fraction of sp³-hybridized carbons (Fsp3) is 0.349. The van der Waals surface area contributed by atoms with Crippen LogP contribution in [0.5, 0.6) is 11.5 Å². The number of methoxy groups -OCH3 is 1. The smallest absolute Gasteiger partial charge is 0.408 e. The highest BCUT2D eigenvalue weighted by Crippen LogP contribution is 2.44. The number of likely N-dealkylation sites (N-methyl/N-ethyl adjacent to an activating group) is 1. The van der Waals surface area contributed by atoms with Crippen LogP contribution in [0, 0.1) is 0 Å². The van der Waals surface area contributed by atoms with Gasteiger partial charge in [-0.2, -0.15) is 0 Å². The molecule has 0 spiro atoms. The summed E-state index contributed by atoms with van der Waals surface area (Å²) in [6, 6.07) is 21.2. The van der Waals surface area contributed by atoms with Crippen LogP contribution in [0.4, 0.5) is 4.79 Å². The standard InChI is InChI=1S/C43H47IN6O10S/c1-7-37(51)49(5)25-33(46-41(55)60-42(2,3)4)39(53)50-24-28(59-35-22-31(26-14-10-8-11-15-26)45-32-20-27(58-6)18-19-30(32)35)21-34(50)38(52)47-43(23-36(43)44)40(54)48-61(56,57)29-16-12-9-13-17-29/h7-20,22,28,33-34,36H,1,21,23-25H2,2-6H3,(H,46,55)(H,47,52)(H,48,54)/t28-,33+,34+,36?,43-/m1/s1. The average molecular weight is 967 g/mol. The Morgan fingerprint density at radius 3 is 2.30 bits per heavy atom. The Kier molecular flexibility index (Phi) is 13.3. The van der Waals surface area contributed by atoms with Crippen molar-refractivity contribution in [3.8, 4) is 22.8 Å². The minimum atomic E-state index is -4.29. The number of carbonyl (C=O) groups excluding carboxylic acids is 5. The van der Waals surface area contributed by atoms with Gasteiger partial charge in [0.2, 0.25) is 17.7 Å². The van der Waals surface area contributed by atoms with Gasteiger partial charge in [-0.05, 0) is 57.5 Å². The maximum absolute atomic E-state index is 14.7. The van der Waals surface area contributed by atoms with Crippen molar-refractivity contribution in [3.63, 3.8) is 0 Å². The van der Waals surface area contributed by atoms with Gasteiger partial charge >= 0.3 is 6.09 Å². The van der Waals surface area contributed by atoms with E-state index in [1.54, 1.807) is 58.2 Å². The Morgan fingerprint density at radius 2 is 1.69 bits per heavy atom. The summed E-state index contributed by atoms with van der Waals surface area (Å²) >= 11 is 1.97. The number of rotatable bonds is 14. The summed E-state index contributed by atoms with van der Waals surface area (Å²) in [4.78, 5) is 75.9. The molecule has 5 amide bonds. The lowest BCUT2D eigenvalue weighted by Gasteiger charge is -2.31. The third-order valence-corrected chi connectivity index (χ3v) is 12.9. The summed E-state index contributed by atoms with van der Waals surface area (Å²) in [5, 5.41) is 5.96. The molecule has 1 aliphatic carbocycles. The van der Waals surface area contributed by atoms with Crippen molar-refractivity contribution in [3.05, 3.63) is 97.6 Å². The Bertz CT molecular complexity index is 2450. The summed E-state index contributed by atoms with van der Waals surface area (Å²) in [5.41, 5.74) is -0.597. The van der Waals surface area contributed by atoms with Crippen molar-refractivity contribution < 1.29 is 46.6 Å². The van der Waals surface area contributed by atoms with Gasteiger partial charge in [-0.1, -0.05) is 77.7 Å². The van der Waals surface area contributed by atoms with Crippen molar-refractivity contribution in [2.24, 2.45) is 0 Å². The van der Waals surface area contributed by atoms with Gasteiger partial charge in [0.25, 0.3) is 15.9 Å². The highest BCUT2D eigenvalue weighted by Gasteiger charge is 2.62. The van der Waals surface area contributed by atoms with Crippen LogP contribution < -0.4 is 24.8 Å². The van der Waals surface area contributed by atoms with Crippen LogP contribution in [0.25, 0.3) is 22.2 Å². The summed E-state index contributed by atoms with van der Waals surface area (Å²) in [6.45, 7) is 7.97. The number of alkyl halides is 1. The molecule has 3 N–H and O–H groups in total. The van der Waals surface area contributed by atoms with Crippen molar-refractivity contribution in [1.82, 2.24) is 30.1 Å². The number of aromatic nitrogens is 1. The molecule has 1 aromatic heterocycles. The lowest BCUT2D eigenvalue weighted by Crippen LogP contribution is -2.60. The van der Waals surface area contributed by atoms with E-state index in [0.717, 1.165) is 11.6 Å². The molecular weight excluding hydrogens is 919 g/mol. The Balaban J connectivity index is 1.35. The van der Waals surface area contributed by atoms with E-state index < -0.39 is 73.0 Å². The second kappa shape index (κ2) is 18.1. The van der Waals surface area contributed by atoms with E-state index in [2.05, 4.69) is 21.9 Å². The first-order chi connectivity index (χ1) is 28.8. The molecule has 1 unspecified atom stereocenters. The molecule has 0 bridgehead atoms. The first-order valence-corrected chi connectivity index (χ1v) is 22.0. The van der Waals surface area contributed by atoms with Crippen LogP contribution in [0.15, 0.2) is 102 Å². The lowest BCUT2D eigenvalue weighted by molar-refractivity contribution is -0.141. The number of amides is 5. The second-order valence-corrected chi connectivity index (χ2v) is 18.9. The van der Waals surface area contributed by atoms with Crippen LogP contribution in [0.3, 0.4) is 0 Å². The summed E-state index contributed by atoms with van der Waals surface area (Å²) in [5.74, 6) is -2.00. The number of alkyl carbamates (subject to hydrolysis) is 1. The van der Waals surface area contributed by atoms with Gasteiger partial charge in [0.05, 0.1) is 36.3 Å². The predicted molar refractivity (Wildman–Crippen MR) is 234 cm³/mol. The fourth-order valence-electron chi connectivity index (χ4n) is 6.89. The number of benzene rings is 3. The van der Waals surface area contributed by atoms with Crippen LogP contribution in [0.2, 0.25) is 0 Å². The average Bonchev–Trinajstić information content (AvgIpc) is 3.69. The highest BCUT2D eigenvalue weighted by molar-refractivity contribution is 14.1. The normalized spacial score (nSPS) is 20.2. The molecule has 6 rings (SSSR count). The number of likely N-dealkylation sites (tertiary alicyclic amines) is 1. The predicted octanol–water partition coefficient (Wildman–Crippen LogP) is 4.36. The molecule has 322 valence electrons. The highest BCUT2D eigenvalue weighted by atomic mass is 127. The molecule has 4 aromatic rings. The Labute approximate surface area is 367 Å². The number of nitrogens with one attached hydrogen (secondary N) is 3. The molecule has 3 aromatic carbocycles. The van der Waals surface area contributed by atoms with Gasteiger partial charge in [0.15, 0.2) is 0 Å². The maximum Gasteiger partial charge on any atom is 0.408 e. The fourth-order valence-corrected chi connectivity index (χ4v) is 9.08. The molecule has 2 heterocycles. The molecule has 2 fully saturated rings. The number of nitrogens with zero attached hydrogens (tertiary/aromatic N) is 3. The second-order valence-electron chi connectivity index (χ2n) is 15.7. The van der Waals surface area contributed by atoms with Crippen molar-refractivity contribution in [1.29, 1.82) is 0 Å². The van der Waals surface area contributed by atoms with Crippen LogP contribution in [0.1, 0.15) is 33.6 Å². The minimum Gasteiger partial charge on any atom is -0.497 e. The third kappa shape index (κ3) is 10.4. The number of pyridine rings is 1. The van der Waals surface area contributed by atoms with Crippen molar-refractivity contribution in [2.75, 3.05) is 27.2 Å². The third-order valence-electron chi connectivity index (χ3n) is 10.1. The van der Waals surface area contributed by atoms with Gasteiger partial charge in [-0.3, -0.25) is 19.2 Å². The van der Waals surface area contributed by atoms with Crippen molar-refractivity contribution in [2.45, 2.75) is 71.8 Å². The van der Waals surface area contributed by atoms with Crippen LogP contribution >= 0.6 is 22.6 Å². The SMILES string of the molecule is C=CC(=O)N(C)C[C@H](NC(=O)OC(C)(C)C)C(=O)N1C[C@H](Oc2cc(-c3ccccc3)nc3cc(OC)ccc23)C[C@H]1C(=O)N[C@]1(C(=O)NS(=O)(=O)c2ccccc2)CC1I. The monoisotopic (exact) mass is 966 g/mol. The van der Waals surface area contributed by atoms with Crippen molar-refractivity contribution >= 4 is 73.2 Å². The topological polar surface area (TPSA) is 203 Å². The summed E-state index contributed by atoms with van der Waals surface area (Å²) in [7, 11) is -1.32. The summed E-state index contributed by atoms with van der Waals surface area (Å²) < 4.78 is 45.5. The molecule has 1 saturated heterocycles. The zero-order chi connectivity index (χ0) is 44.3. The van der Waals surface area contributed by atoms with Gasteiger partial charge in [0, 0.05) is 40.5 Å². The van der Waals surface area contributed by atoms with E-state index in [4.69, 9.17) is 19.2 Å². The van der Waals surface area contributed by atoms with Crippen LogP contribution in [-0.4, -0.2) is 113 Å². The van der Waals surface area contributed by atoms with E-state index >= 15 is 0 Å². The van der Waals surface area contributed by atoms with Gasteiger partial charge in [0.1, 0.15) is 40.8 Å². The maximum atomic E-state index is 14.7. The summed E-state index contributed by atoms with van der Waals surface area (Å²) in [6.07, 6.45) is -0.677. The Hall–Kier alpha value is -5.76. The lowest BCUT2D eigenvalue weighted by atomic mass is 10.1. The molecular formula is C43H47IN6O10S. The molecule has 16 nitrogen and oxygen atoms in total. The number of carbonyl (C=O) groups is 5. The number of fused-ring (bicyclic) bond motifs is 1. The van der Waals surface area contributed by atoms with E-state index in [0.29, 0.717) is 28.1 Å². The quantitative estimate of drug-likeness (QED) is 0.0921. The zero-order valence-corrected chi connectivity index (χ0v) is 37.2. The molecule has 2 aliphatic rings.